The first-order valence-electron chi connectivity index (χ1n) is 13.8. The third-order valence-electron chi connectivity index (χ3n) is 9.48. The minimum Gasteiger partial charge on any atom is -0.350 e. The number of fused-ring (bicyclic) bond motifs is 2. The molecule has 3 unspecified atom stereocenters. The third kappa shape index (κ3) is 5.59. The minimum absolute atomic E-state index is 0.00273. The van der Waals surface area contributed by atoms with Crippen molar-refractivity contribution in [3.05, 3.63) is 47.5 Å². The van der Waals surface area contributed by atoms with Crippen LogP contribution >= 0.6 is 0 Å². The molecule has 5 rings (SSSR count). The zero-order valence-electron chi connectivity index (χ0n) is 21.5. The van der Waals surface area contributed by atoms with Gasteiger partial charge in [-0.2, -0.15) is 13.2 Å². The Hall–Kier alpha value is -2.35. The van der Waals surface area contributed by atoms with Crippen LogP contribution in [0, 0.1) is 23.2 Å². The largest absolute Gasteiger partial charge is 0.416 e. The number of hydrogen-bond acceptors (Lipinski definition) is 3. The van der Waals surface area contributed by atoms with E-state index in [4.69, 9.17) is 0 Å². The van der Waals surface area contributed by atoms with E-state index >= 15 is 0 Å². The topological polar surface area (TPSA) is 61.4 Å². The maximum Gasteiger partial charge on any atom is 0.416 e. The second-order valence-electron chi connectivity index (χ2n) is 11.7. The highest BCUT2D eigenvalue weighted by molar-refractivity contribution is 5.96. The molecule has 1 heterocycles. The molecule has 2 N–H and O–H groups in total. The van der Waals surface area contributed by atoms with Crippen molar-refractivity contribution in [3.63, 3.8) is 0 Å². The fourth-order valence-electron chi connectivity index (χ4n) is 7.43. The van der Waals surface area contributed by atoms with E-state index in [0.717, 1.165) is 37.1 Å². The van der Waals surface area contributed by atoms with Crippen LogP contribution in [0.15, 0.2) is 36.4 Å². The number of nitrogens with one attached hydrogen (secondary N) is 2. The van der Waals surface area contributed by atoms with Gasteiger partial charge in [0.25, 0.3) is 5.91 Å². The molecule has 1 aliphatic heterocycles. The summed E-state index contributed by atoms with van der Waals surface area (Å²) in [4.78, 5) is 27.4. The van der Waals surface area contributed by atoms with Crippen LogP contribution in [0.3, 0.4) is 0 Å². The normalized spacial score (nSPS) is 33.9. The lowest BCUT2D eigenvalue weighted by atomic mass is 9.61. The molecule has 37 heavy (non-hydrogen) atoms. The Bertz CT molecular complexity index is 1030. The Morgan fingerprint density at radius 1 is 1.08 bits per heavy atom. The Labute approximate surface area is 217 Å². The van der Waals surface area contributed by atoms with E-state index in [-0.39, 0.29) is 24.1 Å². The van der Waals surface area contributed by atoms with Crippen molar-refractivity contribution in [2.75, 3.05) is 19.6 Å². The van der Waals surface area contributed by atoms with Crippen LogP contribution in [-0.4, -0.2) is 48.4 Å². The third-order valence-corrected chi connectivity index (χ3v) is 9.48. The highest BCUT2D eigenvalue weighted by atomic mass is 19.4. The fourth-order valence-corrected chi connectivity index (χ4v) is 7.43. The Kier molecular flexibility index (Phi) is 7.40. The highest BCUT2D eigenvalue weighted by Gasteiger charge is 2.48. The summed E-state index contributed by atoms with van der Waals surface area (Å²) in [6.07, 6.45) is 11.0. The molecule has 2 saturated carbocycles. The number of amides is 2. The Morgan fingerprint density at radius 2 is 1.84 bits per heavy atom. The summed E-state index contributed by atoms with van der Waals surface area (Å²) in [6, 6.07) is 4.77. The predicted octanol–water partition coefficient (Wildman–Crippen LogP) is 5.18. The van der Waals surface area contributed by atoms with Crippen LogP contribution < -0.4 is 10.6 Å². The molecule has 5 nitrogen and oxygen atoms in total. The Balaban J connectivity index is 1.08. The SMILES string of the molecule is CC1CN(C2CCC3(C=CC4CCCCC43)CC2)C[C@@H]1NC(=O)CNC(=O)c1cccc(C(F)(F)F)c1. The first kappa shape index (κ1) is 26.3. The van der Waals surface area contributed by atoms with Gasteiger partial charge in [-0.25, -0.2) is 0 Å². The van der Waals surface area contributed by atoms with Gasteiger partial charge in [-0.15, -0.1) is 0 Å². The van der Waals surface area contributed by atoms with E-state index in [0.29, 0.717) is 17.4 Å². The number of alkyl halides is 3. The molecule has 4 aliphatic rings. The number of allylic oxidation sites excluding steroid dienone is 2. The van der Waals surface area contributed by atoms with Crippen LogP contribution in [0.25, 0.3) is 0 Å². The van der Waals surface area contributed by atoms with E-state index in [2.05, 4.69) is 34.6 Å². The summed E-state index contributed by atoms with van der Waals surface area (Å²) in [5.74, 6) is 0.928. The maximum absolute atomic E-state index is 12.9. The fraction of sp³-hybridized carbons (Fsp3) is 0.655. The van der Waals surface area contributed by atoms with Gasteiger partial charge in [0, 0.05) is 30.7 Å². The van der Waals surface area contributed by atoms with Crippen LogP contribution in [0.1, 0.15) is 74.2 Å². The van der Waals surface area contributed by atoms with E-state index in [9.17, 15) is 22.8 Å². The number of benzene rings is 1. The van der Waals surface area contributed by atoms with Crippen molar-refractivity contribution in [1.82, 2.24) is 15.5 Å². The smallest absolute Gasteiger partial charge is 0.350 e. The molecule has 1 spiro atoms. The van der Waals surface area contributed by atoms with E-state index in [1.807, 2.05) is 0 Å². The van der Waals surface area contributed by atoms with Crippen molar-refractivity contribution in [1.29, 1.82) is 0 Å². The second-order valence-corrected chi connectivity index (χ2v) is 11.7. The predicted molar refractivity (Wildman–Crippen MR) is 136 cm³/mol. The highest BCUT2D eigenvalue weighted by Crippen LogP contribution is 2.56. The lowest BCUT2D eigenvalue weighted by Gasteiger charge is -2.46. The van der Waals surface area contributed by atoms with Gasteiger partial charge in [0.1, 0.15) is 0 Å². The zero-order chi connectivity index (χ0) is 26.2. The molecule has 1 saturated heterocycles. The summed E-state index contributed by atoms with van der Waals surface area (Å²) >= 11 is 0. The lowest BCUT2D eigenvalue weighted by molar-refractivity contribution is -0.137. The maximum atomic E-state index is 12.9. The van der Waals surface area contributed by atoms with E-state index in [1.165, 1.54) is 63.5 Å². The number of halogens is 3. The number of likely N-dealkylation sites (tertiary alicyclic amines) is 1. The Morgan fingerprint density at radius 3 is 2.59 bits per heavy atom. The number of rotatable bonds is 5. The van der Waals surface area contributed by atoms with Gasteiger partial charge in [-0.05, 0) is 79.9 Å². The van der Waals surface area contributed by atoms with Gasteiger partial charge in [0.15, 0.2) is 0 Å². The average Bonchev–Trinajstić information content (AvgIpc) is 3.43. The molecular formula is C29H38F3N3O2. The van der Waals surface area contributed by atoms with Crippen molar-refractivity contribution in [2.24, 2.45) is 23.2 Å². The van der Waals surface area contributed by atoms with Crippen molar-refractivity contribution < 1.29 is 22.8 Å². The average molecular weight is 518 g/mol. The molecule has 202 valence electrons. The first-order chi connectivity index (χ1) is 17.6. The molecule has 3 aliphatic carbocycles. The number of carbonyl (C=O) groups is 2. The van der Waals surface area contributed by atoms with E-state index < -0.39 is 17.6 Å². The monoisotopic (exact) mass is 517 g/mol. The summed E-state index contributed by atoms with van der Waals surface area (Å²) < 4.78 is 38.7. The van der Waals surface area contributed by atoms with Crippen molar-refractivity contribution in [2.45, 2.75) is 76.6 Å². The van der Waals surface area contributed by atoms with Crippen LogP contribution in [-0.2, 0) is 11.0 Å². The van der Waals surface area contributed by atoms with Gasteiger partial charge in [-0.3, -0.25) is 14.5 Å². The molecule has 4 atom stereocenters. The first-order valence-corrected chi connectivity index (χ1v) is 13.8. The van der Waals surface area contributed by atoms with Crippen molar-refractivity contribution in [3.8, 4) is 0 Å². The van der Waals surface area contributed by atoms with Crippen molar-refractivity contribution >= 4 is 11.8 Å². The quantitative estimate of drug-likeness (QED) is 0.530. The van der Waals surface area contributed by atoms with Gasteiger partial charge >= 0.3 is 6.18 Å². The van der Waals surface area contributed by atoms with Crippen LogP contribution in [0.5, 0.6) is 0 Å². The van der Waals surface area contributed by atoms with Gasteiger partial charge in [-0.1, -0.05) is 38.0 Å². The second kappa shape index (κ2) is 10.4. The molecule has 8 heteroatoms. The molecule has 2 amide bonds. The minimum atomic E-state index is -4.52. The zero-order valence-corrected chi connectivity index (χ0v) is 21.5. The number of hydrogen-bond donors (Lipinski definition) is 2. The summed E-state index contributed by atoms with van der Waals surface area (Å²) in [5.41, 5.74) is -0.589. The van der Waals surface area contributed by atoms with Crippen LogP contribution in [0.4, 0.5) is 13.2 Å². The van der Waals surface area contributed by atoms with E-state index in [1.54, 1.807) is 0 Å². The molecule has 0 bridgehead atoms. The van der Waals surface area contributed by atoms with Gasteiger partial charge < -0.3 is 10.6 Å². The molecular weight excluding hydrogens is 479 g/mol. The molecule has 1 aromatic rings. The van der Waals surface area contributed by atoms with Gasteiger partial charge in [0.2, 0.25) is 5.91 Å². The summed E-state index contributed by atoms with van der Waals surface area (Å²) in [5, 5.41) is 5.49. The number of carbonyl (C=O) groups excluding carboxylic acids is 2. The number of nitrogens with zero attached hydrogens (tertiary/aromatic N) is 1. The van der Waals surface area contributed by atoms with Crippen LogP contribution in [0.2, 0.25) is 0 Å². The molecule has 0 aromatic heterocycles. The van der Waals surface area contributed by atoms with Gasteiger partial charge in [0.05, 0.1) is 12.1 Å². The standard InChI is InChI=1S/C29H38F3N3O2/c1-19-17-35(23-10-13-28(14-11-23)12-9-20-5-2-3-8-24(20)28)18-25(19)34-26(36)16-33-27(37)21-6-4-7-22(15-21)29(30,31)32/h4,6-7,9,12,15,19-20,23-25H,2-3,5,8,10-11,13-14,16-18H2,1H3,(H,33,37)(H,34,36)/t19?,20?,23?,24?,25-,28?/m0/s1. The molecule has 3 fully saturated rings. The summed E-state index contributed by atoms with van der Waals surface area (Å²) in [6.45, 7) is 3.62. The summed E-state index contributed by atoms with van der Waals surface area (Å²) in [7, 11) is 0. The molecule has 0 radical (unpaired) electrons. The molecule has 1 aromatic carbocycles. The lowest BCUT2D eigenvalue weighted by Crippen LogP contribution is -2.46.